The summed E-state index contributed by atoms with van der Waals surface area (Å²) in [5, 5.41) is 8.67. The minimum absolute atomic E-state index is 0.108. The Morgan fingerprint density at radius 3 is 2.59 bits per heavy atom. The molecule has 0 saturated heterocycles. The van der Waals surface area contributed by atoms with Crippen molar-refractivity contribution >= 4 is 11.9 Å². The van der Waals surface area contributed by atoms with Gasteiger partial charge in [0.25, 0.3) is 0 Å². The van der Waals surface area contributed by atoms with Gasteiger partial charge in [0.05, 0.1) is 0 Å². The molecule has 0 heterocycles. The summed E-state index contributed by atoms with van der Waals surface area (Å²) in [6.45, 7) is 13.0. The molecule has 0 aromatic rings. The molecule has 0 aromatic heterocycles. The van der Waals surface area contributed by atoms with Gasteiger partial charge in [0, 0.05) is 5.41 Å². The van der Waals surface area contributed by atoms with Crippen molar-refractivity contribution in [3.05, 3.63) is 24.3 Å². The standard InChI is InChI=1S/C22H33NO4/c1-6-21(4)11-9-15-14(13-21)7-8-16-20(2,3)17(10-12-22(15,16)5)27-19(25)18(24)23-26/h6,9,14,16-17,26H,1,7-8,10-13H2,2-5H3,(H,23,24)/t14-,16-,17-,21+,22-/m1/s1. The van der Waals surface area contributed by atoms with Crippen LogP contribution in [0, 0.1) is 28.1 Å². The third-order valence-electron chi connectivity index (χ3n) is 7.86. The van der Waals surface area contributed by atoms with E-state index in [2.05, 4.69) is 46.4 Å². The lowest BCUT2D eigenvalue weighted by Gasteiger charge is -2.60. The van der Waals surface area contributed by atoms with Crippen LogP contribution in [0.25, 0.3) is 0 Å². The van der Waals surface area contributed by atoms with Crippen molar-refractivity contribution in [2.45, 2.75) is 72.3 Å². The fourth-order valence-corrected chi connectivity index (χ4v) is 6.26. The van der Waals surface area contributed by atoms with Crippen molar-refractivity contribution < 1.29 is 19.5 Å². The van der Waals surface area contributed by atoms with E-state index in [1.807, 2.05) is 0 Å². The second kappa shape index (κ2) is 6.77. The maximum Gasteiger partial charge on any atom is 0.399 e. The summed E-state index contributed by atoms with van der Waals surface area (Å²) in [6.07, 6.45) is 10.4. The predicted octanol–water partition coefficient (Wildman–Crippen LogP) is 4.17. The Kier molecular flexibility index (Phi) is 5.04. The van der Waals surface area contributed by atoms with Crippen LogP contribution in [0.2, 0.25) is 0 Å². The highest BCUT2D eigenvalue weighted by Gasteiger charge is 2.57. The summed E-state index contributed by atoms with van der Waals surface area (Å²) in [4.78, 5) is 23.3. The first-order valence-corrected chi connectivity index (χ1v) is 10.1. The number of nitrogens with one attached hydrogen (secondary N) is 1. The average Bonchev–Trinajstić information content (AvgIpc) is 2.63. The topological polar surface area (TPSA) is 75.6 Å². The highest BCUT2D eigenvalue weighted by Crippen LogP contribution is 2.64. The van der Waals surface area contributed by atoms with Crippen LogP contribution in [0.1, 0.15) is 66.2 Å². The molecule has 2 saturated carbocycles. The second-order valence-corrected chi connectivity index (χ2v) is 9.87. The van der Waals surface area contributed by atoms with E-state index in [1.165, 1.54) is 11.9 Å². The molecule has 0 spiro atoms. The number of fused-ring (bicyclic) bond motifs is 3. The van der Waals surface area contributed by atoms with Crippen molar-refractivity contribution in [1.29, 1.82) is 0 Å². The quantitative estimate of drug-likeness (QED) is 0.250. The van der Waals surface area contributed by atoms with Gasteiger partial charge in [-0.15, -0.1) is 6.58 Å². The van der Waals surface area contributed by atoms with Crippen LogP contribution < -0.4 is 5.48 Å². The van der Waals surface area contributed by atoms with Crippen molar-refractivity contribution in [1.82, 2.24) is 5.48 Å². The van der Waals surface area contributed by atoms with Gasteiger partial charge < -0.3 is 4.74 Å². The molecule has 5 atom stereocenters. The molecule has 0 aliphatic heterocycles. The molecule has 1 amide bonds. The van der Waals surface area contributed by atoms with Gasteiger partial charge >= 0.3 is 11.9 Å². The van der Waals surface area contributed by atoms with Crippen LogP contribution in [-0.2, 0) is 14.3 Å². The van der Waals surface area contributed by atoms with Gasteiger partial charge in [-0.1, -0.05) is 45.4 Å². The van der Waals surface area contributed by atoms with Gasteiger partial charge in [0.15, 0.2) is 0 Å². The van der Waals surface area contributed by atoms with Gasteiger partial charge in [0.1, 0.15) is 6.10 Å². The van der Waals surface area contributed by atoms with Gasteiger partial charge in [-0.3, -0.25) is 10.0 Å². The lowest BCUT2D eigenvalue weighted by Crippen LogP contribution is -2.55. The third-order valence-corrected chi connectivity index (χ3v) is 7.86. The fraction of sp³-hybridized carbons (Fsp3) is 0.727. The summed E-state index contributed by atoms with van der Waals surface area (Å²) >= 11 is 0. The third kappa shape index (κ3) is 3.24. The lowest BCUT2D eigenvalue weighted by atomic mass is 9.46. The van der Waals surface area contributed by atoms with E-state index in [-0.39, 0.29) is 22.3 Å². The van der Waals surface area contributed by atoms with Crippen LogP contribution in [0.5, 0.6) is 0 Å². The minimum Gasteiger partial charge on any atom is -0.455 e. The molecule has 5 nitrogen and oxygen atoms in total. The monoisotopic (exact) mass is 375 g/mol. The predicted molar refractivity (Wildman–Crippen MR) is 103 cm³/mol. The zero-order valence-corrected chi connectivity index (χ0v) is 17.0. The summed E-state index contributed by atoms with van der Waals surface area (Å²) in [7, 11) is 0. The second-order valence-electron chi connectivity index (χ2n) is 9.87. The van der Waals surface area contributed by atoms with Gasteiger partial charge in [-0.25, -0.2) is 10.3 Å². The Hall–Kier alpha value is -1.62. The van der Waals surface area contributed by atoms with Crippen molar-refractivity contribution in [3.63, 3.8) is 0 Å². The molecule has 5 heteroatoms. The zero-order valence-electron chi connectivity index (χ0n) is 17.0. The van der Waals surface area contributed by atoms with E-state index in [9.17, 15) is 9.59 Å². The SMILES string of the molecule is C=C[C@@]1(C)CC=C2[C@H](CC[C@@H]3C(C)(C)[C@H](OC(=O)C(=O)NO)CC[C@]23C)C1. The van der Waals surface area contributed by atoms with Crippen LogP contribution in [0.15, 0.2) is 24.3 Å². The Bertz CT molecular complexity index is 682. The number of carbonyl (C=O) groups is 2. The molecule has 3 aliphatic rings. The van der Waals surface area contributed by atoms with Crippen molar-refractivity contribution in [2.75, 3.05) is 0 Å². The molecule has 0 bridgehead atoms. The number of esters is 1. The Labute approximate surface area is 162 Å². The summed E-state index contributed by atoms with van der Waals surface area (Å²) < 4.78 is 5.50. The molecular weight excluding hydrogens is 342 g/mol. The maximum atomic E-state index is 11.9. The number of hydrogen-bond acceptors (Lipinski definition) is 4. The zero-order chi connectivity index (χ0) is 20.0. The fourth-order valence-electron chi connectivity index (χ4n) is 6.26. The van der Waals surface area contributed by atoms with Gasteiger partial charge in [-0.05, 0) is 61.2 Å². The van der Waals surface area contributed by atoms with Crippen molar-refractivity contribution in [2.24, 2.45) is 28.1 Å². The molecule has 150 valence electrons. The smallest absolute Gasteiger partial charge is 0.399 e. The molecule has 3 rings (SSSR count). The van der Waals surface area contributed by atoms with Crippen molar-refractivity contribution in [3.8, 4) is 0 Å². The Balaban J connectivity index is 1.85. The van der Waals surface area contributed by atoms with E-state index < -0.39 is 11.9 Å². The molecule has 0 aromatic carbocycles. The van der Waals surface area contributed by atoms with E-state index in [0.29, 0.717) is 11.8 Å². The number of rotatable bonds is 2. The van der Waals surface area contributed by atoms with Gasteiger partial charge in [0.2, 0.25) is 0 Å². The number of hydroxylamine groups is 1. The number of carbonyl (C=O) groups excluding carboxylic acids is 2. The Morgan fingerprint density at radius 2 is 1.96 bits per heavy atom. The lowest BCUT2D eigenvalue weighted by molar-refractivity contribution is -0.177. The highest BCUT2D eigenvalue weighted by atomic mass is 16.6. The van der Waals surface area contributed by atoms with E-state index in [4.69, 9.17) is 9.94 Å². The number of amides is 1. The number of allylic oxidation sites excluding steroid dienone is 3. The first-order valence-electron chi connectivity index (χ1n) is 10.1. The molecule has 0 radical (unpaired) electrons. The summed E-state index contributed by atoms with van der Waals surface area (Å²) in [6, 6.07) is 0. The van der Waals surface area contributed by atoms with Crippen LogP contribution in [-0.4, -0.2) is 23.2 Å². The molecule has 2 fully saturated rings. The largest absolute Gasteiger partial charge is 0.455 e. The average molecular weight is 376 g/mol. The van der Waals surface area contributed by atoms with E-state index in [1.54, 1.807) is 5.57 Å². The number of hydrogen-bond donors (Lipinski definition) is 2. The van der Waals surface area contributed by atoms with Gasteiger partial charge in [-0.2, -0.15) is 0 Å². The summed E-state index contributed by atoms with van der Waals surface area (Å²) in [5.74, 6) is -1.12. The van der Waals surface area contributed by atoms with E-state index >= 15 is 0 Å². The molecular formula is C22H33NO4. The Morgan fingerprint density at radius 1 is 1.26 bits per heavy atom. The van der Waals surface area contributed by atoms with Crippen LogP contribution >= 0.6 is 0 Å². The molecule has 2 N–H and O–H groups in total. The van der Waals surface area contributed by atoms with Crippen LogP contribution in [0.4, 0.5) is 0 Å². The molecule has 3 aliphatic carbocycles. The van der Waals surface area contributed by atoms with E-state index in [0.717, 1.165) is 32.1 Å². The first kappa shape index (κ1) is 20.1. The summed E-state index contributed by atoms with van der Waals surface area (Å²) in [5.41, 5.74) is 3.02. The number of ether oxygens (including phenoxy) is 1. The highest BCUT2D eigenvalue weighted by molar-refractivity contribution is 6.32. The minimum atomic E-state index is -1.11. The van der Waals surface area contributed by atoms with Crippen LogP contribution in [0.3, 0.4) is 0 Å². The normalized spacial score (nSPS) is 40.0. The molecule has 27 heavy (non-hydrogen) atoms. The maximum absolute atomic E-state index is 11.9. The molecule has 0 unspecified atom stereocenters. The first-order chi connectivity index (χ1) is 12.6.